The van der Waals surface area contributed by atoms with Crippen molar-refractivity contribution in [3.8, 4) is 44.5 Å². The number of aliphatic hydroxyl groups excluding tert-OH is 2. The first-order chi connectivity index (χ1) is 62.1. The van der Waals surface area contributed by atoms with E-state index < -0.39 is 0 Å². The maximum Gasteiger partial charge on any atom is 0.318 e. The fourth-order valence-corrected chi connectivity index (χ4v) is 21.5. The number of urea groups is 4. The van der Waals surface area contributed by atoms with Crippen molar-refractivity contribution in [2.75, 3.05) is 106 Å². The summed E-state index contributed by atoms with van der Waals surface area (Å²) in [6, 6.07) is 67.1. The molecule has 6 N–H and O–H groups in total. The van der Waals surface area contributed by atoms with Crippen LogP contribution in [0.5, 0.6) is 0 Å². The number of nitrogens with zero attached hydrogens (tertiary/aromatic N) is 8. The number of aliphatic hydroxyl groups is 2. The van der Waals surface area contributed by atoms with E-state index in [-0.39, 0.29) is 171 Å². The van der Waals surface area contributed by atoms with Gasteiger partial charge in [0.2, 0.25) is 23.6 Å². The van der Waals surface area contributed by atoms with Gasteiger partial charge < -0.3 is 80.2 Å². The molecular weight excluding hydrogens is 1610 g/mol. The molecule has 10 fully saturated rings. The van der Waals surface area contributed by atoms with Crippen molar-refractivity contribution in [2.24, 2.45) is 0 Å². The highest BCUT2D eigenvalue weighted by Gasteiger charge is 2.59. The van der Waals surface area contributed by atoms with Gasteiger partial charge in [0, 0.05) is 89.2 Å². The van der Waals surface area contributed by atoms with Gasteiger partial charge in [0.15, 0.2) is 0 Å². The normalized spacial score (nSPS) is 24.1. The summed E-state index contributed by atoms with van der Waals surface area (Å²) in [5.41, 5.74) is 18.9. The number of fused-ring (bicyclic) bond motifs is 4. The van der Waals surface area contributed by atoms with Gasteiger partial charge in [-0.25, -0.2) is 19.2 Å². The SMILES string of the molecule is CCCNC(=O)N1CC(=O)N2[C@H](CO)[C@H](c3ccc(-c4cccc(C)c4)cc3)[C@@H]2C1.CCCNC(=O)N1CC(=O)N2[C@H](COC)[C@H](c3ccc(-c4cccc(C)c4)cc3)[C@@H]2C1.COC[C@H]1[C@H](c2ccc(-c3cccc(C)c3)cc2)[C@@H]2CN(C(=O)NC3CCCCC3)CC(=O)N12.Cc1cccc(-c2ccc([C@H]3[C@H](CO)N4C(=O)CN(C(=O)NC5CCCCC5)C[C@@H]34)cc2)c1. The smallest absolute Gasteiger partial charge is 0.318 e. The number of hydrogen-bond donors (Lipinski definition) is 6. The number of amides is 12. The number of benzene rings is 8. The highest BCUT2D eigenvalue weighted by Crippen LogP contribution is 2.48. The second-order valence-electron chi connectivity index (χ2n) is 36.6. The van der Waals surface area contributed by atoms with Gasteiger partial charge in [0.1, 0.15) is 26.2 Å². The molecule has 676 valence electrons. The number of carbonyl (C=O) groups is 8. The number of nitrogens with one attached hydrogen (secondary N) is 4. The number of methoxy groups -OCH3 is 2. The zero-order chi connectivity index (χ0) is 89.8. The third kappa shape index (κ3) is 20.2. The van der Waals surface area contributed by atoms with Crippen molar-refractivity contribution < 1.29 is 58.0 Å². The van der Waals surface area contributed by atoms with Crippen LogP contribution in [0.15, 0.2) is 194 Å². The molecule has 0 aromatic heterocycles. The Labute approximate surface area is 754 Å². The quantitative estimate of drug-likeness (QED) is 0.0416. The molecule has 2 aliphatic carbocycles. The molecule has 8 heterocycles. The second kappa shape index (κ2) is 41.8. The lowest BCUT2D eigenvalue weighted by molar-refractivity contribution is -0.160. The molecule has 128 heavy (non-hydrogen) atoms. The summed E-state index contributed by atoms with van der Waals surface area (Å²) in [4.78, 5) is 116. The average molecular weight is 1740 g/mol. The molecule has 24 nitrogen and oxygen atoms in total. The molecule has 12 atom stereocenters. The Bertz CT molecular complexity index is 5200. The van der Waals surface area contributed by atoms with Crippen LogP contribution in [0.25, 0.3) is 44.5 Å². The standard InChI is InChI=1S/C28H35N3O3.C27H33N3O3.C25H31N3O3.C24H29N3O3/c1-19-7-6-8-22(15-19)20-11-13-21(14-12-20)27-24-16-30(17-26(32)31(24)25(27)18-34-2)28(33)29-23-9-4-3-5-10-23;1-18-6-5-7-21(14-18)19-10-12-20(13-11-19)26-23-15-29(16-25(32)30(23)24(26)17-31)27(33)28-22-8-3-2-4-9-22;1-4-12-26-25(30)27-14-21-24(22(16-31-3)28(21)23(29)15-27)19-10-8-18(9-11-19)20-7-5-6-17(2)13-20;1-3-11-25-24(30)26-13-20-23(21(15-28)27(20)22(29)14-26)18-9-7-17(8-10-18)19-6-4-5-16(2)12-19/h6-8,11-15,23-25,27H,3-5,9-10,16-18H2,1-2H3,(H,29,33);5-7,10-14,22-24,26,31H,2-4,8-9,15-17H2,1H3,(H,28,33);5-11,13,21-22,24H,4,12,14-16H2,1-3H3,(H,26,30);4-10,12,20-21,23,28H,3,11,13-15H2,1-2H3,(H,25,30)/t24-,25-,27+;23-,24-,26+;21-,22+,24+;20-,21+,23+/m0000/s1. The van der Waals surface area contributed by atoms with E-state index in [9.17, 15) is 48.6 Å². The molecule has 2 saturated carbocycles. The Kier molecular flexibility index (Phi) is 29.8. The number of rotatable bonds is 20. The Hall–Kier alpha value is -11.4. The molecule has 18 rings (SSSR count). The Morgan fingerprint density at radius 1 is 0.336 bits per heavy atom. The molecule has 8 aliphatic heterocycles. The minimum Gasteiger partial charge on any atom is -0.394 e. The van der Waals surface area contributed by atoms with Crippen LogP contribution in [0.1, 0.15) is 159 Å². The largest absolute Gasteiger partial charge is 0.394 e. The molecule has 24 heteroatoms. The summed E-state index contributed by atoms with van der Waals surface area (Å²) in [6.45, 7) is 17.0. The van der Waals surface area contributed by atoms with Gasteiger partial charge in [-0.2, -0.15) is 0 Å². The average Bonchev–Trinajstić information content (AvgIpc) is 0.739. The molecule has 0 spiro atoms. The Morgan fingerprint density at radius 2 is 0.586 bits per heavy atom. The summed E-state index contributed by atoms with van der Waals surface area (Å²) in [6.07, 6.45) is 13.0. The van der Waals surface area contributed by atoms with Gasteiger partial charge in [-0.15, -0.1) is 0 Å². The van der Waals surface area contributed by atoms with Crippen molar-refractivity contribution in [1.29, 1.82) is 0 Å². The number of aryl methyl sites for hydroxylation is 4. The molecule has 8 aromatic carbocycles. The molecule has 10 aliphatic rings. The zero-order valence-electron chi connectivity index (χ0n) is 75.5. The lowest BCUT2D eigenvalue weighted by Crippen LogP contribution is -2.74. The maximum absolute atomic E-state index is 13.0. The van der Waals surface area contributed by atoms with Crippen molar-refractivity contribution in [1.82, 2.24) is 60.5 Å². The van der Waals surface area contributed by atoms with Crippen LogP contribution < -0.4 is 21.3 Å². The summed E-state index contributed by atoms with van der Waals surface area (Å²) in [7, 11) is 3.35. The highest BCUT2D eigenvalue weighted by atomic mass is 16.5. The van der Waals surface area contributed by atoms with E-state index in [4.69, 9.17) is 9.47 Å². The van der Waals surface area contributed by atoms with Gasteiger partial charge in [-0.1, -0.05) is 269 Å². The second-order valence-corrected chi connectivity index (χ2v) is 36.6. The fraction of sp³-hybridized carbons (Fsp3) is 0.462. The number of piperazine rings is 4. The number of carbonyl (C=O) groups excluding carboxylic acids is 8. The van der Waals surface area contributed by atoms with E-state index in [1.54, 1.807) is 43.6 Å². The molecule has 0 radical (unpaired) electrons. The summed E-state index contributed by atoms with van der Waals surface area (Å²) < 4.78 is 10.9. The monoisotopic (exact) mass is 1740 g/mol. The summed E-state index contributed by atoms with van der Waals surface area (Å²) >= 11 is 0. The topological polar surface area (TPSA) is 270 Å². The lowest BCUT2D eigenvalue weighted by atomic mass is 9.73. The molecule has 0 bridgehead atoms. The van der Waals surface area contributed by atoms with E-state index in [0.29, 0.717) is 52.5 Å². The third-order valence-corrected chi connectivity index (χ3v) is 28.0. The van der Waals surface area contributed by atoms with Crippen LogP contribution in [-0.4, -0.2) is 264 Å². The molecular formula is C104H128N12O12. The number of ether oxygens (including phenoxy) is 2. The van der Waals surface area contributed by atoms with E-state index in [2.05, 4.69) is 243 Å². The molecule has 12 amide bonds. The predicted octanol–water partition coefficient (Wildman–Crippen LogP) is 14.2. The Balaban J connectivity index is 0.000000131. The first-order valence-electron chi connectivity index (χ1n) is 46.4. The van der Waals surface area contributed by atoms with E-state index in [1.165, 1.54) is 92.4 Å². The van der Waals surface area contributed by atoms with E-state index in [1.807, 2.05) is 23.6 Å². The van der Waals surface area contributed by atoms with Gasteiger partial charge in [-0.3, -0.25) is 19.2 Å². The van der Waals surface area contributed by atoms with E-state index in [0.717, 1.165) is 73.6 Å². The van der Waals surface area contributed by atoms with Crippen LogP contribution in [0.2, 0.25) is 0 Å². The summed E-state index contributed by atoms with van der Waals surface area (Å²) in [5.74, 6) is 0.199. The van der Waals surface area contributed by atoms with Crippen LogP contribution >= 0.6 is 0 Å². The first kappa shape index (κ1) is 91.3. The lowest BCUT2D eigenvalue weighted by Gasteiger charge is -2.59. The fourth-order valence-electron chi connectivity index (χ4n) is 21.5. The van der Waals surface area contributed by atoms with Crippen molar-refractivity contribution >= 4 is 47.8 Å². The van der Waals surface area contributed by atoms with Crippen molar-refractivity contribution in [3.63, 3.8) is 0 Å². The molecule has 8 aromatic rings. The van der Waals surface area contributed by atoms with Gasteiger partial charge in [0.25, 0.3) is 0 Å². The van der Waals surface area contributed by atoms with Crippen LogP contribution in [0, 0.1) is 27.7 Å². The van der Waals surface area contributed by atoms with E-state index >= 15 is 0 Å². The highest BCUT2D eigenvalue weighted by molar-refractivity contribution is 5.90. The van der Waals surface area contributed by atoms with Gasteiger partial charge in [0.05, 0.1) is 74.8 Å². The van der Waals surface area contributed by atoms with Gasteiger partial charge >= 0.3 is 24.1 Å². The molecule has 8 saturated heterocycles. The Morgan fingerprint density at radius 3 is 0.828 bits per heavy atom. The summed E-state index contributed by atoms with van der Waals surface area (Å²) in [5, 5.41) is 32.1. The van der Waals surface area contributed by atoms with Crippen LogP contribution in [-0.2, 0) is 28.7 Å². The zero-order valence-corrected chi connectivity index (χ0v) is 75.5. The third-order valence-electron chi connectivity index (χ3n) is 28.0. The van der Waals surface area contributed by atoms with Crippen molar-refractivity contribution in [2.45, 2.75) is 203 Å². The van der Waals surface area contributed by atoms with Gasteiger partial charge in [-0.05, 0) is 133 Å². The molecule has 0 unspecified atom stereocenters. The first-order valence-corrected chi connectivity index (χ1v) is 46.4. The van der Waals surface area contributed by atoms with Crippen molar-refractivity contribution in [3.05, 3.63) is 239 Å². The maximum atomic E-state index is 13.0. The number of hydrogen-bond acceptors (Lipinski definition) is 12. The minimum absolute atomic E-state index is 0.00224. The van der Waals surface area contributed by atoms with Crippen LogP contribution in [0.3, 0.4) is 0 Å². The predicted molar refractivity (Wildman–Crippen MR) is 498 cm³/mol. The van der Waals surface area contributed by atoms with Crippen LogP contribution in [0.4, 0.5) is 19.2 Å². The minimum atomic E-state index is -0.229.